The Labute approximate surface area is 63.5 Å². The van der Waals surface area contributed by atoms with Gasteiger partial charge in [0.15, 0.2) is 0 Å². The van der Waals surface area contributed by atoms with Crippen molar-refractivity contribution in [2.24, 2.45) is 0 Å². The van der Waals surface area contributed by atoms with Crippen LogP contribution in [-0.2, 0) is 0 Å². The van der Waals surface area contributed by atoms with Gasteiger partial charge in [0.05, 0.1) is 0 Å². The van der Waals surface area contributed by atoms with E-state index in [-0.39, 0.29) is 0 Å². The summed E-state index contributed by atoms with van der Waals surface area (Å²) in [6.07, 6.45) is 7.24. The predicted molar refractivity (Wildman–Crippen MR) is 45.1 cm³/mol. The molecule has 1 nitrogen and oxygen atoms in total. The normalized spacial score (nSPS) is 21.7. The Morgan fingerprint density at radius 3 is 2.80 bits per heavy atom. The molecule has 0 aromatic heterocycles. The molecular formula is C9H17N. The Morgan fingerprint density at radius 2 is 2.40 bits per heavy atom. The van der Waals surface area contributed by atoms with E-state index in [1.165, 1.54) is 19.3 Å². The van der Waals surface area contributed by atoms with Crippen molar-refractivity contribution in [1.82, 2.24) is 5.32 Å². The van der Waals surface area contributed by atoms with Crippen LogP contribution in [0.4, 0.5) is 0 Å². The van der Waals surface area contributed by atoms with Crippen molar-refractivity contribution < 1.29 is 0 Å². The Hall–Kier alpha value is -0.300. The quantitative estimate of drug-likeness (QED) is 0.588. The molecule has 0 spiro atoms. The molecule has 0 amide bonds. The Bertz CT molecular complexity index is 105. The molecule has 1 atom stereocenters. The topological polar surface area (TPSA) is 12.0 Å². The summed E-state index contributed by atoms with van der Waals surface area (Å²) in [7, 11) is 0. The molecule has 0 aromatic carbocycles. The van der Waals surface area contributed by atoms with Crippen molar-refractivity contribution >= 4 is 0 Å². The van der Waals surface area contributed by atoms with Crippen LogP contribution >= 0.6 is 0 Å². The average Bonchev–Trinajstić information content (AvgIpc) is 1.80. The van der Waals surface area contributed by atoms with Gasteiger partial charge in [0.2, 0.25) is 0 Å². The average molecular weight is 139 g/mol. The monoisotopic (exact) mass is 139 g/mol. The minimum atomic E-state index is 0.628. The minimum Gasteiger partial charge on any atom is -0.311 e. The fourth-order valence-electron chi connectivity index (χ4n) is 1.30. The fourth-order valence-corrected chi connectivity index (χ4v) is 1.30. The summed E-state index contributed by atoms with van der Waals surface area (Å²) in [5, 5.41) is 3.55. The van der Waals surface area contributed by atoms with Gasteiger partial charge in [-0.15, -0.1) is 6.58 Å². The number of hydrogen-bond acceptors (Lipinski definition) is 1. The first-order valence-corrected chi connectivity index (χ1v) is 4.20. The van der Waals surface area contributed by atoms with Crippen molar-refractivity contribution in [3.8, 4) is 0 Å². The van der Waals surface area contributed by atoms with Crippen molar-refractivity contribution in [2.75, 3.05) is 0 Å². The molecule has 1 N–H and O–H groups in total. The lowest BCUT2D eigenvalue weighted by Gasteiger charge is -2.29. The zero-order valence-electron chi connectivity index (χ0n) is 6.77. The molecule has 1 saturated carbocycles. The molecule has 1 aliphatic carbocycles. The maximum atomic E-state index is 3.71. The molecule has 1 heteroatoms. The van der Waals surface area contributed by atoms with Gasteiger partial charge in [0.25, 0.3) is 0 Å². The van der Waals surface area contributed by atoms with Gasteiger partial charge in [0, 0.05) is 12.1 Å². The lowest BCUT2D eigenvalue weighted by molar-refractivity contribution is 0.311. The lowest BCUT2D eigenvalue weighted by Crippen LogP contribution is -2.40. The van der Waals surface area contributed by atoms with E-state index in [1.807, 2.05) is 6.08 Å². The van der Waals surface area contributed by atoms with Crippen LogP contribution in [0.2, 0.25) is 0 Å². The smallest absolute Gasteiger partial charge is 0.00757 e. The highest BCUT2D eigenvalue weighted by Crippen LogP contribution is 2.18. The van der Waals surface area contributed by atoms with Gasteiger partial charge in [-0.1, -0.05) is 12.5 Å². The lowest BCUT2D eigenvalue weighted by atomic mass is 9.92. The van der Waals surface area contributed by atoms with Crippen LogP contribution in [0.25, 0.3) is 0 Å². The second kappa shape index (κ2) is 3.77. The molecule has 10 heavy (non-hydrogen) atoms. The molecule has 0 aliphatic heterocycles. The number of hydrogen-bond donors (Lipinski definition) is 1. The largest absolute Gasteiger partial charge is 0.311 e. The molecule has 58 valence electrons. The predicted octanol–water partition coefficient (Wildman–Crippen LogP) is 2.09. The summed E-state index contributed by atoms with van der Waals surface area (Å²) in [6.45, 7) is 5.93. The van der Waals surface area contributed by atoms with E-state index in [0.29, 0.717) is 6.04 Å². The molecule has 0 radical (unpaired) electrons. The van der Waals surface area contributed by atoms with Crippen molar-refractivity contribution in [3.05, 3.63) is 12.7 Å². The summed E-state index contributed by atoms with van der Waals surface area (Å²) in [6, 6.07) is 1.44. The molecule has 1 rings (SSSR count). The van der Waals surface area contributed by atoms with E-state index >= 15 is 0 Å². The minimum absolute atomic E-state index is 0.628. The third kappa shape index (κ3) is 2.14. The van der Waals surface area contributed by atoms with Crippen LogP contribution in [0.1, 0.15) is 32.6 Å². The summed E-state index contributed by atoms with van der Waals surface area (Å²) in [5.41, 5.74) is 0. The van der Waals surface area contributed by atoms with E-state index in [0.717, 1.165) is 12.5 Å². The molecular weight excluding hydrogens is 122 g/mol. The molecule has 1 unspecified atom stereocenters. The van der Waals surface area contributed by atoms with Gasteiger partial charge in [-0.3, -0.25) is 0 Å². The summed E-state index contributed by atoms with van der Waals surface area (Å²) in [4.78, 5) is 0. The zero-order chi connectivity index (χ0) is 7.40. The summed E-state index contributed by atoms with van der Waals surface area (Å²) >= 11 is 0. The number of rotatable bonds is 4. The second-order valence-electron chi connectivity index (χ2n) is 3.22. The highest BCUT2D eigenvalue weighted by Gasteiger charge is 2.17. The van der Waals surface area contributed by atoms with Gasteiger partial charge in [-0.25, -0.2) is 0 Å². The van der Waals surface area contributed by atoms with E-state index in [4.69, 9.17) is 0 Å². The third-order valence-electron chi connectivity index (χ3n) is 2.15. The van der Waals surface area contributed by atoms with E-state index in [9.17, 15) is 0 Å². The van der Waals surface area contributed by atoms with Crippen LogP contribution < -0.4 is 5.32 Å². The van der Waals surface area contributed by atoms with Crippen LogP contribution in [0.5, 0.6) is 0 Å². The summed E-state index contributed by atoms with van der Waals surface area (Å²) in [5.74, 6) is 0. The third-order valence-corrected chi connectivity index (χ3v) is 2.15. The summed E-state index contributed by atoms with van der Waals surface area (Å²) < 4.78 is 0. The molecule has 0 saturated heterocycles. The van der Waals surface area contributed by atoms with Crippen LogP contribution in [0.15, 0.2) is 12.7 Å². The molecule has 0 heterocycles. The Balaban J connectivity index is 2.04. The van der Waals surface area contributed by atoms with Crippen LogP contribution in [0, 0.1) is 0 Å². The van der Waals surface area contributed by atoms with Gasteiger partial charge in [0.1, 0.15) is 0 Å². The van der Waals surface area contributed by atoms with Crippen molar-refractivity contribution in [3.63, 3.8) is 0 Å². The van der Waals surface area contributed by atoms with Gasteiger partial charge in [-0.2, -0.15) is 0 Å². The fraction of sp³-hybridized carbons (Fsp3) is 0.778. The van der Waals surface area contributed by atoms with Gasteiger partial charge < -0.3 is 5.32 Å². The van der Waals surface area contributed by atoms with E-state index in [1.54, 1.807) is 0 Å². The SMILES string of the molecule is C=CCC(C)NC1CCC1. The first-order chi connectivity index (χ1) is 4.83. The zero-order valence-corrected chi connectivity index (χ0v) is 6.77. The standard InChI is InChI=1S/C9H17N/c1-3-5-8(2)10-9-6-4-7-9/h3,8-10H,1,4-7H2,2H3. The van der Waals surface area contributed by atoms with E-state index in [2.05, 4.69) is 18.8 Å². The maximum absolute atomic E-state index is 3.71. The second-order valence-corrected chi connectivity index (χ2v) is 3.22. The van der Waals surface area contributed by atoms with Crippen molar-refractivity contribution in [1.29, 1.82) is 0 Å². The van der Waals surface area contributed by atoms with Gasteiger partial charge in [-0.05, 0) is 26.2 Å². The molecule has 1 aliphatic rings. The first-order valence-electron chi connectivity index (χ1n) is 4.20. The van der Waals surface area contributed by atoms with Crippen molar-refractivity contribution in [2.45, 2.75) is 44.7 Å². The highest BCUT2D eigenvalue weighted by molar-refractivity contribution is 4.82. The molecule has 0 aromatic rings. The maximum Gasteiger partial charge on any atom is 0.00757 e. The van der Waals surface area contributed by atoms with Crippen LogP contribution in [-0.4, -0.2) is 12.1 Å². The molecule has 1 fully saturated rings. The van der Waals surface area contributed by atoms with Gasteiger partial charge >= 0.3 is 0 Å². The number of nitrogens with one attached hydrogen (secondary N) is 1. The molecule has 0 bridgehead atoms. The Morgan fingerprint density at radius 1 is 1.70 bits per heavy atom. The van der Waals surface area contributed by atoms with E-state index < -0.39 is 0 Å². The van der Waals surface area contributed by atoms with Crippen LogP contribution in [0.3, 0.4) is 0 Å². The highest BCUT2D eigenvalue weighted by atomic mass is 15.0. The Kier molecular flexibility index (Phi) is 2.94. The first kappa shape index (κ1) is 7.80.